The topological polar surface area (TPSA) is 0 Å². The van der Waals surface area contributed by atoms with E-state index in [4.69, 9.17) is 0 Å². The molecular weight excluding hydrogens is 156 g/mol. The molecule has 0 unspecified atom stereocenters. The van der Waals surface area contributed by atoms with Crippen molar-refractivity contribution in [3.8, 4) is 0 Å². The first kappa shape index (κ1) is 8.34. The van der Waals surface area contributed by atoms with Crippen LogP contribution in [0.25, 0.3) is 5.57 Å². The third kappa shape index (κ3) is 1.34. The van der Waals surface area contributed by atoms with Gasteiger partial charge in [-0.2, -0.15) is 0 Å². The van der Waals surface area contributed by atoms with Gasteiger partial charge < -0.3 is 0 Å². The Morgan fingerprint density at radius 2 is 2.15 bits per heavy atom. The molecule has 66 valence electrons. The fourth-order valence-corrected chi connectivity index (χ4v) is 2.08. The Morgan fingerprint density at radius 1 is 1.31 bits per heavy atom. The lowest BCUT2D eigenvalue weighted by molar-refractivity contribution is 0.816. The molecule has 0 heteroatoms. The first-order chi connectivity index (χ1) is 6.33. The van der Waals surface area contributed by atoms with E-state index in [2.05, 4.69) is 37.4 Å². The summed E-state index contributed by atoms with van der Waals surface area (Å²) < 4.78 is 0. The van der Waals surface area contributed by atoms with Gasteiger partial charge in [-0.05, 0) is 42.9 Å². The van der Waals surface area contributed by atoms with Gasteiger partial charge in [-0.3, -0.25) is 0 Å². The van der Waals surface area contributed by atoms with Gasteiger partial charge in [0.15, 0.2) is 0 Å². The highest BCUT2D eigenvalue weighted by Gasteiger charge is 2.14. The van der Waals surface area contributed by atoms with Gasteiger partial charge in [0.05, 0.1) is 0 Å². The summed E-state index contributed by atoms with van der Waals surface area (Å²) in [5.41, 5.74) is 8.63. The maximum Gasteiger partial charge on any atom is 0.000878 e. The lowest BCUT2D eigenvalue weighted by Crippen LogP contribution is -2.02. The zero-order chi connectivity index (χ0) is 9.26. The van der Waals surface area contributed by atoms with Gasteiger partial charge >= 0.3 is 0 Å². The zero-order valence-corrected chi connectivity index (χ0v) is 8.06. The van der Waals surface area contributed by atoms with Gasteiger partial charge in [0, 0.05) is 5.57 Å². The predicted molar refractivity (Wildman–Crippen MR) is 56.7 cm³/mol. The zero-order valence-electron chi connectivity index (χ0n) is 8.06. The highest BCUT2D eigenvalue weighted by Crippen LogP contribution is 2.31. The van der Waals surface area contributed by atoms with Crippen LogP contribution in [-0.4, -0.2) is 0 Å². The van der Waals surface area contributed by atoms with Crippen LogP contribution < -0.4 is 0 Å². The second-order valence-corrected chi connectivity index (χ2v) is 3.61. The van der Waals surface area contributed by atoms with E-state index >= 15 is 0 Å². The molecule has 0 amide bonds. The van der Waals surface area contributed by atoms with Crippen molar-refractivity contribution >= 4 is 5.57 Å². The summed E-state index contributed by atoms with van der Waals surface area (Å²) in [6.45, 7) is 5.94. The summed E-state index contributed by atoms with van der Waals surface area (Å²) in [6.07, 6.45) is 3.60. The highest BCUT2D eigenvalue weighted by atomic mass is 14.2. The number of fused-ring (bicyclic) bond motifs is 1. The van der Waals surface area contributed by atoms with Crippen molar-refractivity contribution in [2.24, 2.45) is 0 Å². The molecule has 0 radical (unpaired) electrons. The molecular formula is C13H14. The Morgan fingerprint density at radius 3 is 2.92 bits per heavy atom. The maximum atomic E-state index is 3.75. The molecule has 0 nitrogen and oxygen atoms in total. The third-order valence-corrected chi connectivity index (χ3v) is 2.80. The van der Waals surface area contributed by atoms with E-state index in [1.54, 1.807) is 0 Å². The molecule has 0 spiro atoms. The number of allylic oxidation sites excluding steroid dienone is 1. The van der Waals surface area contributed by atoms with Crippen molar-refractivity contribution in [1.82, 2.24) is 0 Å². The van der Waals surface area contributed by atoms with Gasteiger partial charge in [-0.15, -0.1) is 5.73 Å². The molecule has 13 heavy (non-hydrogen) atoms. The van der Waals surface area contributed by atoms with Crippen molar-refractivity contribution in [3.63, 3.8) is 0 Å². The molecule has 1 aliphatic carbocycles. The minimum atomic E-state index is 1.14. The Bertz CT molecular complexity index is 379. The van der Waals surface area contributed by atoms with Crippen LogP contribution >= 0.6 is 0 Å². The summed E-state index contributed by atoms with van der Waals surface area (Å²) in [6, 6.07) is 6.50. The molecule has 0 saturated carbocycles. The Kier molecular flexibility index (Phi) is 2.08. The summed E-state index contributed by atoms with van der Waals surface area (Å²) in [7, 11) is 0. The molecule has 0 fully saturated rings. The van der Waals surface area contributed by atoms with E-state index in [9.17, 15) is 0 Å². The third-order valence-electron chi connectivity index (χ3n) is 2.80. The van der Waals surface area contributed by atoms with Crippen LogP contribution in [0, 0.1) is 6.92 Å². The molecule has 0 aliphatic heterocycles. The summed E-state index contributed by atoms with van der Waals surface area (Å²) in [4.78, 5) is 0. The van der Waals surface area contributed by atoms with Crippen LogP contribution in [0.5, 0.6) is 0 Å². The van der Waals surface area contributed by atoms with Crippen molar-refractivity contribution in [2.45, 2.75) is 26.2 Å². The normalized spacial score (nSPS) is 15.0. The monoisotopic (exact) mass is 170 g/mol. The average molecular weight is 170 g/mol. The molecule has 0 N–H and O–H groups in total. The predicted octanol–water partition coefficient (Wildman–Crippen LogP) is 3.50. The molecule has 0 atom stereocenters. The van der Waals surface area contributed by atoms with Crippen LogP contribution in [-0.2, 0) is 6.42 Å². The van der Waals surface area contributed by atoms with Gasteiger partial charge in [-0.25, -0.2) is 0 Å². The van der Waals surface area contributed by atoms with E-state index in [1.165, 1.54) is 35.1 Å². The first-order valence-electron chi connectivity index (χ1n) is 4.80. The van der Waals surface area contributed by atoms with Gasteiger partial charge in [0.2, 0.25) is 0 Å². The Balaban J connectivity index is 2.64. The smallest absolute Gasteiger partial charge is 0.000878 e. The van der Waals surface area contributed by atoms with E-state index < -0.39 is 0 Å². The minimum absolute atomic E-state index is 1.14. The van der Waals surface area contributed by atoms with Crippen LogP contribution in [0.3, 0.4) is 0 Å². The van der Waals surface area contributed by atoms with Crippen molar-refractivity contribution < 1.29 is 0 Å². The lowest BCUT2D eigenvalue weighted by atomic mass is 9.85. The quantitative estimate of drug-likeness (QED) is 0.523. The molecule has 0 aromatic heterocycles. The van der Waals surface area contributed by atoms with Crippen molar-refractivity contribution in [3.05, 3.63) is 47.2 Å². The van der Waals surface area contributed by atoms with Crippen molar-refractivity contribution in [1.29, 1.82) is 0 Å². The van der Waals surface area contributed by atoms with Crippen LogP contribution in [0.4, 0.5) is 0 Å². The number of rotatable bonds is 0. The van der Waals surface area contributed by atoms with E-state index in [0.717, 1.165) is 6.42 Å². The fourth-order valence-electron chi connectivity index (χ4n) is 2.08. The number of hydrogen-bond donors (Lipinski definition) is 0. The molecule has 1 aromatic carbocycles. The van der Waals surface area contributed by atoms with Crippen LogP contribution in [0.15, 0.2) is 30.5 Å². The average Bonchev–Trinajstić information content (AvgIpc) is 2.18. The maximum absolute atomic E-state index is 3.75. The summed E-state index contributed by atoms with van der Waals surface area (Å²) in [5, 5.41) is 0. The summed E-state index contributed by atoms with van der Waals surface area (Å²) >= 11 is 0. The van der Waals surface area contributed by atoms with E-state index in [1.807, 2.05) is 0 Å². The molecule has 0 saturated heterocycles. The van der Waals surface area contributed by atoms with Gasteiger partial charge in [-0.1, -0.05) is 24.8 Å². The van der Waals surface area contributed by atoms with Crippen LogP contribution in [0.2, 0.25) is 0 Å². The number of benzene rings is 1. The first-order valence-corrected chi connectivity index (χ1v) is 4.80. The Labute approximate surface area is 79.6 Å². The highest BCUT2D eigenvalue weighted by molar-refractivity contribution is 5.70. The van der Waals surface area contributed by atoms with E-state index in [0.29, 0.717) is 0 Å². The number of hydrogen-bond acceptors (Lipinski definition) is 0. The molecule has 2 rings (SSSR count). The minimum Gasteiger partial charge on any atom is -0.125 e. The van der Waals surface area contributed by atoms with Crippen LogP contribution in [0.1, 0.15) is 29.5 Å². The van der Waals surface area contributed by atoms with Gasteiger partial charge in [0.1, 0.15) is 0 Å². The molecule has 1 aliphatic rings. The fraction of sp³-hybridized carbons (Fsp3) is 0.308. The Hall–Kier alpha value is -1.26. The van der Waals surface area contributed by atoms with Gasteiger partial charge in [0.25, 0.3) is 0 Å². The molecule has 1 aromatic rings. The SMILES string of the molecule is C=C=C1CCCc2c(C)cccc21. The van der Waals surface area contributed by atoms with E-state index in [-0.39, 0.29) is 0 Å². The summed E-state index contributed by atoms with van der Waals surface area (Å²) in [5.74, 6) is 0. The van der Waals surface area contributed by atoms with Crippen molar-refractivity contribution in [2.75, 3.05) is 0 Å². The lowest BCUT2D eigenvalue weighted by Gasteiger charge is -2.19. The largest absolute Gasteiger partial charge is 0.125 e. The second-order valence-electron chi connectivity index (χ2n) is 3.61. The number of aryl methyl sites for hydroxylation is 1. The standard InChI is InChI=1S/C13H14/c1-3-11-7-5-8-12-10(2)6-4-9-13(11)12/h4,6,9H,1,5,7-8H2,2H3. The molecule has 0 bridgehead atoms. The molecule has 0 heterocycles. The second kappa shape index (κ2) is 3.24.